The van der Waals surface area contributed by atoms with Crippen molar-refractivity contribution in [3.63, 3.8) is 0 Å². The van der Waals surface area contributed by atoms with Crippen molar-refractivity contribution < 1.29 is 28.6 Å². The van der Waals surface area contributed by atoms with Gasteiger partial charge in [-0.2, -0.15) is 0 Å². The second-order valence-electron chi connectivity index (χ2n) is 7.65. The van der Waals surface area contributed by atoms with Gasteiger partial charge in [-0.15, -0.1) is 11.3 Å². The number of thiophene rings is 1. The number of carbonyl (C=O) groups is 3. The normalized spacial score (nSPS) is 12.7. The Hall–Kier alpha value is -3.59. The minimum absolute atomic E-state index is 0.213. The largest absolute Gasteiger partial charge is 0.496 e. The number of rotatable bonds is 6. The molecule has 1 aliphatic heterocycles. The average Bonchev–Trinajstić information content (AvgIpc) is 3.20. The summed E-state index contributed by atoms with van der Waals surface area (Å²) in [6.45, 7) is 4.71. The van der Waals surface area contributed by atoms with Crippen LogP contribution in [0.2, 0.25) is 0 Å². The molecule has 0 bridgehead atoms. The number of ether oxygens (including phenoxy) is 3. The number of hydrogen-bond donors (Lipinski definition) is 1. The fraction of sp³-hybridized carbons (Fsp3) is 0.320. The highest BCUT2D eigenvalue weighted by molar-refractivity contribution is 7.17. The van der Waals surface area contributed by atoms with Crippen LogP contribution in [0.4, 0.5) is 9.80 Å². The van der Waals surface area contributed by atoms with E-state index >= 15 is 0 Å². The van der Waals surface area contributed by atoms with Crippen molar-refractivity contribution in [3.8, 4) is 5.75 Å². The molecule has 2 amide bonds. The number of carbonyl (C=O) groups excluding carboxylic acids is 3. The maximum absolute atomic E-state index is 13.3. The Kier molecular flexibility index (Phi) is 7.02. The minimum atomic E-state index is -0.495. The molecule has 9 heteroatoms. The molecule has 34 heavy (non-hydrogen) atoms. The van der Waals surface area contributed by atoms with Crippen LogP contribution in [0.1, 0.15) is 45.0 Å². The lowest BCUT2D eigenvalue weighted by atomic mass is 10.0. The molecule has 0 unspecified atom stereocenters. The SMILES string of the molecule is CCOC(=O)c1c(NC(=O)c2cc3ccccc3cc2OC)sc2c1CCN(C(=O)OCC)C2. The Morgan fingerprint density at radius 2 is 1.76 bits per heavy atom. The first-order valence-electron chi connectivity index (χ1n) is 11.1. The molecule has 1 aliphatic rings. The molecule has 1 aromatic heterocycles. The number of benzene rings is 2. The van der Waals surface area contributed by atoms with Crippen LogP contribution in [0.3, 0.4) is 0 Å². The highest BCUT2D eigenvalue weighted by atomic mass is 32.1. The van der Waals surface area contributed by atoms with Gasteiger partial charge in [-0.3, -0.25) is 4.79 Å². The number of anilines is 1. The molecule has 2 aromatic carbocycles. The van der Waals surface area contributed by atoms with E-state index in [1.165, 1.54) is 18.4 Å². The lowest BCUT2D eigenvalue weighted by Crippen LogP contribution is -2.36. The highest BCUT2D eigenvalue weighted by Gasteiger charge is 2.32. The summed E-state index contributed by atoms with van der Waals surface area (Å²) in [4.78, 5) is 40.8. The fourth-order valence-electron chi connectivity index (χ4n) is 4.02. The molecular weight excluding hydrogens is 456 g/mol. The fourth-order valence-corrected chi connectivity index (χ4v) is 5.26. The Labute approximate surface area is 201 Å². The van der Waals surface area contributed by atoms with Crippen molar-refractivity contribution in [1.29, 1.82) is 0 Å². The number of nitrogens with zero attached hydrogens (tertiary/aromatic N) is 1. The van der Waals surface area contributed by atoms with E-state index in [0.717, 1.165) is 21.2 Å². The molecule has 4 rings (SSSR count). The second-order valence-corrected chi connectivity index (χ2v) is 8.76. The van der Waals surface area contributed by atoms with E-state index in [0.29, 0.717) is 41.4 Å². The monoisotopic (exact) mass is 482 g/mol. The number of nitrogens with one attached hydrogen (secondary N) is 1. The number of hydrogen-bond acceptors (Lipinski definition) is 7. The van der Waals surface area contributed by atoms with E-state index < -0.39 is 18.0 Å². The zero-order chi connectivity index (χ0) is 24.2. The summed E-state index contributed by atoms with van der Waals surface area (Å²) in [6.07, 6.45) is 0.0688. The number of fused-ring (bicyclic) bond motifs is 2. The van der Waals surface area contributed by atoms with E-state index in [2.05, 4.69) is 5.32 Å². The first-order valence-corrected chi connectivity index (χ1v) is 11.9. The molecule has 0 fully saturated rings. The Morgan fingerprint density at radius 3 is 2.44 bits per heavy atom. The molecule has 0 atom stereocenters. The van der Waals surface area contributed by atoms with Crippen LogP contribution in [-0.4, -0.2) is 49.7 Å². The summed E-state index contributed by atoms with van der Waals surface area (Å²) in [5.74, 6) is -0.456. The van der Waals surface area contributed by atoms with Crippen molar-refractivity contribution in [2.24, 2.45) is 0 Å². The van der Waals surface area contributed by atoms with Crippen LogP contribution in [0.25, 0.3) is 10.8 Å². The van der Waals surface area contributed by atoms with Crippen molar-refractivity contribution in [1.82, 2.24) is 4.90 Å². The number of methoxy groups -OCH3 is 1. The van der Waals surface area contributed by atoms with Gasteiger partial charge in [0.15, 0.2) is 0 Å². The van der Waals surface area contributed by atoms with Crippen molar-refractivity contribution in [3.05, 3.63) is 58.0 Å². The van der Waals surface area contributed by atoms with Crippen LogP contribution < -0.4 is 10.1 Å². The lowest BCUT2D eigenvalue weighted by molar-refractivity contribution is 0.0526. The van der Waals surface area contributed by atoms with Gasteiger partial charge in [-0.1, -0.05) is 24.3 Å². The zero-order valence-corrected chi connectivity index (χ0v) is 20.1. The first kappa shape index (κ1) is 23.6. The molecule has 1 N–H and O–H groups in total. The first-order chi connectivity index (χ1) is 16.5. The van der Waals surface area contributed by atoms with Gasteiger partial charge in [0, 0.05) is 11.4 Å². The summed E-state index contributed by atoms with van der Waals surface area (Å²) in [5, 5.41) is 5.14. The van der Waals surface area contributed by atoms with Gasteiger partial charge in [0.2, 0.25) is 0 Å². The molecule has 2 heterocycles. The lowest BCUT2D eigenvalue weighted by Gasteiger charge is -2.26. The van der Waals surface area contributed by atoms with Crippen LogP contribution in [0.15, 0.2) is 36.4 Å². The van der Waals surface area contributed by atoms with Gasteiger partial charge < -0.3 is 24.4 Å². The summed E-state index contributed by atoms with van der Waals surface area (Å²) >= 11 is 1.27. The van der Waals surface area contributed by atoms with Crippen molar-refractivity contribution in [2.45, 2.75) is 26.8 Å². The van der Waals surface area contributed by atoms with Gasteiger partial charge in [-0.05, 0) is 48.7 Å². The maximum Gasteiger partial charge on any atom is 0.410 e. The zero-order valence-electron chi connectivity index (χ0n) is 19.3. The van der Waals surface area contributed by atoms with E-state index in [1.807, 2.05) is 30.3 Å². The molecule has 178 valence electrons. The molecule has 0 spiro atoms. The predicted molar refractivity (Wildman–Crippen MR) is 130 cm³/mol. The smallest absolute Gasteiger partial charge is 0.410 e. The van der Waals surface area contributed by atoms with Gasteiger partial charge in [-0.25, -0.2) is 9.59 Å². The minimum Gasteiger partial charge on any atom is -0.496 e. The van der Waals surface area contributed by atoms with Gasteiger partial charge >= 0.3 is 12.1 Å². The van der Waals surface area contributed by atoms with Crippen molar-refractivity contribution in [2.75, 3.05) is 32.2 Å². The molecule has 0 saturated heterocycles. The third kappa shape index (κ3) is 4.56. The van der Waals surface area contributed by atoms with Gasteiger partial charge in [0.25, 0.3) is 5.91 Å². The molecule has 0 saturated carbocycles. The van der Waals surface area contributed by atoms with E-state index in [4.69, 9.17) is 14.2 Å². The summed E-state index contributed by atoms with van der Waals surface area (Å²) in [6, 6.07) is 11.3. The summed E-state index contributed by atoms with van der Waals surface area (Å²) in [7, 11) is 1.51. The van der Waals surface area contributed by atoms with Gasteiger partial charge in [0.05, 0.1) is 38.0 Å². The Balaban J connectivity index is 1.69. The van der Waals surface area contributed by atoms with E-state index in [9.17, 15) is 14.4 Å². The van der Waals surface area contributed by atoms with E-state index in [-0.39, 0.29) is 13.2 Å². The number of esters is 1. The average molecular weight is 483 g/mol. The molecule has 3 aromatic rings. The highest BCUT2D eigenvalue weighted by Crippen LogP contribution is 2.38. The quantitative estimate of drug-likeness (QED) is 0.505. The third-order valence-corrected chi connectivity index (χ3v) is 6.73. The second kappa shape index (κ2) is 10.1. The Morgan fingerprint density at radius 1 is 1.06 bits per heavy atom. The molecule has 0 radical (unpaired) electrons. The van der Waals surface area contributed by atoms with Crippen LogP contribution in [0.5, 0.6) is 5.75 Å². The summed E-state index contributed by atoms with van der Waals surface area (Å²) < 4.78 is 15.9. The topological polar surface area (TPSA) is 94.2 Å². The Bertz CT molecular complexity index is 1250. The van der Waals surface area contributed by atoms with Crippen LogP contribution >= 0.6 is 11.3 Å². The van der Waals surface area contributed by atoms with Crippen LogP contribution in [0, 0.1) is 0 Å². The molecule has 0 aliphatic carbocycles. The molecular formula is C25H26N2O6S. The summed E-state index contributed by atoms with van der Waals surface area (Å²) in [5.41, 5.74) is 1.50. The van der Waals surface area contributed by atoms with Crippen molar-refractivity contribution >= 4 is 45.1 Å². The standard InChI is InChI=1S/C25H26N2O6S/c1-4-32-24(29)21-17-10-11-27(25(30)33-5-2)14-20(17)34-23(21)26-22(28)18-12-15-8-6-7-9-16(15)13-19(18)31-3/h6-9,12-13H,4-5,10-11,14H2,1-3H3,(H,26,28). The maximum atomic E-state index is 13.3. The van der Waals surface area contributed by atoms with E-state index in [1.54, 1.807) is 24.8 Å². The van der Waals surface area contributed by atoms with Gasteiger partial charge in [0.1, 0.15) is 10.8 Å². The molecule has 8 nitrogen and oxygen atoms in total. The third-order valence-electron chi connectivity index (χ3n) is 5.60. The number of amides is 2. The van der Waals surface area contributed by atoms with Crippen LogP contribution in [-0.2, 0) is 22.4 Å². The predicted octanol–water partition coefficient (Wildman–Crippen LogP) is 4.85.